The van der Waals surface area contributed by atoms with Crippen LogP contribution in [0.3, 0.4) is 0 Å². The largest absolute Gasteiger partial charge is 0.394 e. The van der Waals surface area contributed by atoms with Gasteiger partial charge in [-0.25, -0.2) is 4.98 Å². The van der Waals surface area contributed by atoms with Crippen molar-refractivity contribution < 1.29 is 14.4 Å². The molecule has 0 unspecified atom stereocenters. The Morgan fingerprint density at radius 3 is 2.85 bits per heavy atom. The van der Waals surface area contributed by atoms with E-state index in [1.807, 2.05) is 41.1 Å². The van der Waals surface area contributed by atoms with Crippen LogP contribution in [0.5, 0.6) is 0 Å². The van der Waals surface area contributed by atoms with Gasteiger partial charge in [0, 0.05) is 30.4 Å². The van der Waals surface area contributed by atoms with Crippen LogP contribution in [0.15, 0.2) is 47.2 Å². The highest BCUT2D eigenvalue weighted by Crippen LogP contribution is 2.08. The SMILES string of the molecule is CCc1nccn1Cc1cc(C#Cc2ccc(COCCO)cc2)on1. The Hall–Kier alpha value is -2.88. The molecule has 6 nitrogen and oxygen atoms in total. The molecule has 0 atom stereocenters. The smallest absolute Gasteiger partial charge is 0.210 e. The van der Waals surface area contributed by atoms with Crippen molar-refractivity contribution in [2.75, 3.05) is 13.2 Å². The van der Waals surface area contributed by atoms with Gasteiger partial charge >= 0.3 is 0 Å². The molecule has 1 N–H and O–H groups in total. The highest BCUT2D eigenvalue weighted by atomic mass is 16.5. The number of aliphatic hydroxyl groups is 1. The average molecular weight is 351 g/mol. The van der Waals surface area contributed by atoms with Gasteiger partial charge in [0.25, 0.3) is 0 Å². The van der Waals surface area contributed by atoms with Gasteiger partial charge in [-0.2, -0.15) is 0 Å². The van der Waals surface area contributed by atoms with Gasteiger partial charge in [-0.1, -0.05) is 30.1 Å². The third-order valence-corrected chi connectivity index (χ3v) is 3.80. The van der Waals surface area contributed by atoms with E-state index >= 15 is 0 Å². The van der Waals surface area contributed by atoms with E-state index < -0.39 is 0 Å². The maximum atomic E-state index is 8.70. The monoisotopic (exact) mass is 351 g/mol. The molecule has 1 aromatic carbocycles. The molecule has 0 saturated heterocycles. The molecule has 0 spiro atoms. The predicted molar refractivity (Wildman–Crippen MR) is 96.4 cm³/mol. The Kier molecular flexibility index (Phi) is 6.20. The number of benzene rings is 1. The molecule has 6 heteroatoms. The number of aliphatic hydroxyl groups excluding tert-OH is 1. The van der Waals surface area contributed by atoms with E-state index in [0.717, 1.165) is 29.1 Å². The zero-order valence-electron chi connectivity index (χ0n) is 14.7. The second kappa shape index (κ2) is 8.99. The van der Waals surface area contributed by atoms with Gasteiger partial charge in [0.15, 0.2) is 0 Å². The molecular formula is C20H21N3O3. The van der Waals surface area contributed by atoms with Crippen molar-refractivity contribution in [1.29, 1.82) is 0 Å². The number of aryl methyl sites for hydroxylation is 1. The molecule has 0 aliphatic rings. The summed E-state index contributed by atoms with van der Waals surface area (Å²) >= 11 is 0. The second-order valence-corrected chi connectivity index (χ2v) is 5.73. The highest BCUT2D eigenvalue weighted by Gasteiger charge is 2.06. The van der Waals surface area contributed by atoms with Crippen LogP contribution in [0, 0.1) is 11.8 Å². The summed E-state index contributed by atoms with van der Waals surface area (Å²) in [7, 11) is 0. The van der Waals surface area contributed by atoms with Crippen LogP contribution in [0.1, 0.15) is 35.3 Å². The number of ether oxygens (including phenoxy) is 1. The summed E-state index contributed by atoms with van der Waals surface area (Å²) in [6.07, 6.45) is 4.60. The summed E-state index contributed by atoms with van der Waals surface area (Å²) in [5.74, 6) is 7.61. The van der Waals surface area contributed by atoms with Crippen molar-refractivity contribution in [2.45, 2.75) is 26.5 Å². The molecule has 26 heavy (non-hydrogen) atoms. The Morgan fingerprint density at radius 1 is 1.23 bits per heavy atom. The lowest BCUT2D eigenvalue weighted by Gasteiger charge is -2.02. The summed E-state index contributed by atoms with van der Waals surface area (Å²) in [4.78, 5) is 4.30. The lowest BCUT2D eigenvalue weighted by molar-refractivity contribution is 0.0815. The predicted octanol–water partition coefficient (Wildman–Crippen LogP) is 2.39. The van der Waals surface area contributed by atoms with Crippen LogP contribution in [0.2, 0.25) is 0 Å². The normalized spacial score (nSPS) is 10.5. The third kappa shape index (κ3) is 4.82. The maximum absolute atomic E-state index is 8.70. The maximum Gasteiger partial charge on any atom is 0.210 e. The van der Waals surface area contributed by atoms with E-state index in [0.29, 0.717) is 25.5 Å². The van der Waals surface area contributed by atoms with Crippen molar-refractivity contribution >= 4 is 0 Å². The average Bonchev–Trinajstić information content (AvgIpc) is 3.31. The van der Waals surface area contributed by atoms with E-state index in [2.05, 4.69) is 28.9 Å². The van der Waals surface area contributed by atoms with Gasteiger partial charge in [0.05, 0.1) is 26.4 Å². The first-order valence-electron chi connectivity index (χ1n) is 8.53. The van der Waals surface area contributed by atoms with Gasteiger partial charge in [-0.15, -0.1) is 0 Å². The van der Waals surface area contributed by atoms with Crippen LogP contribution in [-0.2, 0) is 24.3 Å². The Morgan fingerprint density at radius 2 is 2.08 bits per heavy atom. The van der Waals surface area contributed by atoms with Crippen molar-refractivity contribution in [1.82, 2.24) is 14.7 Å². The molecule has 0 saturated carbocycles. The number of aromatic nitrogens is 3. The van der Waals surface area contributed by atoms with Crippen molar-refractivity contribution in [3.8, 4) is 11.8 Å². The molecule has 3 aromatic rings. The van der Waals surface area contributed by atoms with Crippen LogP contribution in [0.25, 0.3) is 0 Å². The van der Waals surface area contributed by atoms with Gasteiger partial charge in [0.2, 0.25) is 5.76 Å². The molecular weight excluding hydrogens is 330 g/mol. The van der Waals surface area contributed by atoms with Crippen LogP contribution in [-0.4, -0.2) is 33.0 Å². The number of rotatable bonds is 7. The Bertz CT molecular complexity index is 885. The summed E-state index contributed by atoms with van der Waals surface area (Å²) < 4.78 is 12.6. The van der Waals surface area contributed by atoms with Gasteiger partial charge in [0.1, 0.15) is 11.5 Å². The molecule has 0 bridgehead atoms. The number of imidazole rings is 1. The Labute approximate surface area is 152 Å². The Balaban J connectivity index is 1.61. The van der Waals surface area contributed by atoms with E-state index in [4.69, 9.17) is 14.4 Å². The minimum absolute atomic E-state index is 0.0311. The molecule has 0 aliphatic carbocycles. The van der Waals surface area contributed by atoms with E-state index in [-0.39, 0.29) is 6.61 Å². The fourth-order valence-electron chi connectivity index (χ4n) is 2.49. The molecule has 0 fully saturated rings. The summed E-state index contributed by atoms with van der Waals surface area (Å²) in [5, 5.41) is 12.8. The van der Waals surface area contributed by atoms with E-state index in [9.17, 15) is 0 Å². The van der Waals surface area contributed by atoms with Crippen molar-refractivity contribution in [3.05, 3.63) is 71.1 Å². The zero-order chi connectivity index (χ0) is 18.2. The van der Waals surface area contributed by atoms with Gasteiger partial charge < -0.3 is 18.9 Å². The van der Waals surface area contributed by atoms with Gasteiger partial charge in [-0.05, 0) is 23.6 Å². The topological polar surface area (TPSA) is 73.3 Å². The van der Waals surface area contributed by atoms with E-state index in [1.165, 1.54) is 0 Å². The number of nitrogens with zero attached hydrogens (tertiary/aromatic N) is 3. The van der Waals surface area contributed by atoms with Crippen LogP contribution < -0.4 is 0 Å². The number of hydrogen-bond acceptors (Lipinski definition) is 5. The van der Waals surface area contributed by atoms with Crippen molar-refractivity contribution in [3.63, 3.8) is 0 Å². The van der Waals surface area contributed by atoms with E-state index in [1.54, 1.807) is 6.20 Å². The molecule has 2 aromatic heterocycles. The third-order valence-electron chi connectivity index (χ3n) is 3.80. The summed E-state index contributed by atoms with van der Waals surface area (Å²) in [6.45, 7) is 3.55. The van der Waals surface area contributed by atoms with Crippen molar-refractivity contribution in [2.24, 2.45) is 0 Å². The second-order valence-electron chi connectivity index (χ2n) is 5.73. The molecule has 3 rings (SSSR count). The standard InChI is InChI=1S/C20H21N3O3/c1-2-20-21-9-10-23(20)14-18-13-19(26-22-18)8-7-16-3-5-17(6-4-16)15-25-12-11-24/h3-6,9-10,13,24H,2,11-12,14-15H2,1H3. The van der Waals surface area contributed by atoms with Gasteiger partial charge in [-0.3, -0.25) is 0 Å². The van der Waals surface area contributed by atoms with Crippen LogP contribution in [0.4, 0.5) is 0 Å². The highest BCUT2D eigenvalue weighted by molar-refractivity contribution is 5.40. The van der Waals surface area contributed by atoms with Crippen LogP contribution >= 0.6 is 0 Å². The molecule has 0 amide bonds. The zero-order valence-corrected chi connectivity index (χ0v) is 14.7. The summed E-state index contributed by atoms with van der Waals surface area (Å²) in [5.41, 5.74) is 2.74. The fraction of sp³-hybridized carbons (Fsp3) is 0.300. The molecule has 0 radical (unpaired) electrons. The lowest BCUT2D eigenvalue weighted by Crippen LogP contribution is -2.03. The first-order chi connectivity index (χ1) is 12.8. The fourth-order valence-corrected chi connectivity index (χ4v) is 2.49. The minimum Gasteiger partial charge on any atom is -0.394 e. The molecule has 2 heterocycles. The molecule has 0 aliphatic heterocycles. The minimum atomic E-state index is 0.0311. The molecule has 134 valence electrons. The lowest BCUT2D eigenvalue weighted by atomic mass is 10.1. The summed E-state index contributed by atoms with van der Waals surface area (Å²) in [6, 6.07) is 9.63. The number of hydrogen-bond donors (Lipinski definition) is 1. The quantitative estimate of drug-likeness (QED) is 0.523. The first-order valence-corrected chi connectivity index (χ1v) is 8.53. The first kappa shape index (κ1) is 17.9.